The third-order valence-corrected chi connectivity index (χ3v) is 1.53. The number of nitrogens with zero attached hydrogens (tertiary/aromatic N) is 2. The summed E-state index contributed by atoms with van der Waals surface area (Å²) >= 11 is 0. The van der Waals surface area contributed by atoms with E-state index in [4.69, 9.17) is 5.73 Å². The van der Waals surface area contributed by atoms with E-state index in [1.807, 2.05) is 0 Å². The summed E-state index contributed by atoms with van der Waals surface area (Å²) in [5.74, 6) is 0. The van der Waals surface area contributed by atoms with E-state index in [-0.39, 0.29) is 0 Å². The van der Waals surface area contributed by atoms with Crippen LogP contribution in [0.5, 0.6) is 0 Å². The highest BCUT2D eigenvalue weighted by Crippen LogP contribution is 1.87. The molecule has 0 aromatic carbocycles. The van der Waals surface area contributed by atoms with Crippen LogP contribution in [0, 0.1) is 0 Å². The quantitative estimate of drug-likeness (QED) is 0.537. The lowest BCUT2D eigenvalue weighted by Crippen LogP contribution is -2.24. The molecule has 9 heavy (non-hydrogen) atoms. The zero-order chi connectivity index (χ0) is 7.11. The van der Waals surface area contributed by atoms with Crippen molar-refractivity contribution in [2.45, 2.75) is 20.3 Å². The molecule has 0 rings (SSSR count). The van der Waals surface area contributed by atoms with Crippen LogP contribution in [0.2, 0.25) is 0 Å². The second kappa shape index (κ2) is 6.05. The molecule has 0 N–H and O–H groups in total. The van der Waals surface area contributed by atoms with Gasteiger partial charge in [0.05, 0.1) is 0 Å². The Morgan fingerprint density at radius 1 is 1.22 bits per heavy atom. The first-order valence-electron chi connectivity index (χ1n) is 3.68. The van der Waals surface area contributed by atoms with Crippen molar-refractivity contribution in [2.75, 3.05) is 26.2 Å². The van der Waals surface area contributed by atoms with Crippen LogP contribution >= 0.6 is 0 Å². The van der Waals surface area contributed by atoms with Gasteiger partial charge in [0, 0.05) is 6.54 Å². The average molecular weight is 128 g/mol. The molecule has 0 bridgehead atoms. The van der Waals surface area contributed by atoms with Gasteiger partial charge in [-0.3, -0.25) is 0 Å². The predicted octanol–water partition coefficient (Wildman–Crippen LogP) is 0.787. The molecule has 0 saturated carbocycles. The number of hydrogen-bond acceptors (Lipinski definition) is 1. The predicted molar refractivity (Wildman–Crippen MR) is 39.4 cm³/mol. The highest BCUT2D eigenvalue weighted by atomic mass is 15.1. The fourth-order valence-electron chi connectivity index (χ4n) is 0.834. The molecule has 2 heteroatoms. The lowest BCUT2D eigenvalue weighted by Gasteiger charge is -2.16. The van der Waals surface area contributed by atoms with Crippen molar-refractivity contribution in [1.82, 2.24) is 10.6 Å². The first kappa shape index (κ1) is 8.92. The highest BCUT2D eigenvalue weighted by molar-refractivity contribution is 4.51. The molecule has 0 aromatic rings. The molecule has 2 radical (unpaired) electrons. The lowest BCUT2D eigenvalue weighted by atomic mass is 10.4. The Bertz CT molecular complexity index is 50.9. The van der Waals surface area contributed by atoms with Crippen molar-refractivity contribution in [1.29, 1.82) is 0 Å². The van der Waals surface area contributed by atoms with Crippen molar-refractivity contribution in [3.8, 4) is 0 Å². The van der Waals surface area contributed by atoms with E-state index >= 15 is 0 Å². The van der Waals surface area contributed by atoms with Crippen molar-refractivity contribution in [3.05, 3.63) is 0 Å². The van der Waals surface area contributed by atoms with E-state index in [1.165, 1.54) is 0 Å². The molecule has 0 heterocycles. The van der Waals surface area contributed by atoms with Gasteiger partial charge in [-0.2, -0.15) is 0 Å². The Morgan fingerprint density at radius 3 is 2.11 bits per heavy atom. The van der Waals surface area contributed by atoms with Gasteiger partial charge in [0.15, 0.2) is 0 Å². The highest BCUT2D eigenvalue weighted by Gasteiger charge is 1.95. The van der Waals surface area contributed by atoms with E-state index in [0.717, 1.165) is 26.1 Å². The van der Waals surface area contributed by atoms with Crippen LogP contribution in [0.1, 0.15) is 20.3 Å². The molecule has 0 atom stereocenters. The Labute approximate surface area is 58.0 Å². The Morgan fingerprint density at radius 2 is 1.78 bits per heavy atom. The van der Waals surface area contributed by atoms with Gasteiger partial charge in [0.1, 0.15) is 0 Å². The van der Waals surface area contributed by atoms with Gasteiger partial charge in [-0.15, -0.1) is 5.73 Å². The number of rotatable bonds is 5. The van der Waals surface area contributed by atoms with Crippen LogP contribution in [0.3, 0.4) is 0 Å². The van der Waals surface area contributed by atoms with Crippen LogP contribution in [0.15, 0.2) is 0 Å². The summed E-state index contributed by atoms with van der Waals surface area (Å²) in [6, 6.07) is 0. The summed E-state index contributed by atoms with van der Waals surface area (Å²) < 4.78 is 0. The van der Waals surface area contributed by atoms with Gasteiger partial charge >= 0.3 is 0 Å². The topological polar surface area (TPSA) is 25.5 Å². The van der Waals surface area contributed by atoms with E-state index in [2.05, 4.69) is 18.7 Å². The van der Waals surface area contributed by atoms with Crippen molar-refractivity contribution < 1.29 is 0 Å². The van der Waals surface area contributed by atoms with Crippen LogP contribution in [-0.2, 0) is 0 Å². The molecule has 0 fully saturated rings. The molecular formula is C7H16N2. The van der Waals surface area contributed by atoms with Gasteiger partial charge in [-0.05, 0) is 26.1 Å². The van der Waals surface area contributed by atoms with Gasteiger partial charge in [0.25, 0.3) is 0 Å². The SMILES string of the molecule is CCN(CC)CCC[N]. The van der Waals surface area contributed by atoms with Gasteiger partial charge in [0.2, 0.25) is 0 Å². The standard InChI is InChI=1S/C7H16N2/c1-3-9(4-2)7-5-6-8/h3-7H2,1-2H3. The fourth-order valence-corrected chi connectivity index (χ4v) is 0.834. The fraction of sp³-hybridized carbons (Fsp3) is 1.00. The first-order valence-corrected chi connectivity index (χ1v) is 3.68. The van der Waals surface area contributed by atoms with Crippen LogP contribution in [0.25, 0.3) is 0 Å². The Hall–Kier alpha value is -0.0800. The zero-order valence-electron chi connectivity index (χ0n) is 6.43. The molecule has 2 nitrogen and oxygen atoms in total. The van der Waals surface area contributed by atoms with Crippen LogP contribution in [-0.4, -0.2) is 31.1 Å². The normalized spacial score (nSPS) is 10.7. The van der Waals surface area contributed by atoms with E-state index in [0.29, 0.717) is 6.54 Å². The maximum absolute atomic E-state index is 8.48. The molecule has 54 valence electrons. The molecule has 0 unspecified atom stereocenters. The molecule has 0 aliphatic rings. The maximum Gasteiger partial charge on any atom is 0.0333 e. The van der Waals surface area contributed by atoms with Gasteiger partial charge in [-0.1, -0.05) is 13.8 Å². The van der Waals surface area contributed by atoms with Crippen molar-refractivity contribution >= 4 is 0 Å². The summed E-state index contributed by atoms with van der Waals surface area (Å²) in [6.45, 7) is 7.81. The van der Waals surface area contributed by atoms with Gasteiger partial charge < -0.3 is 4.90 Å². The largest absolute Gasteiger partial charge is 0.304 e. The lowest BCUT2D eigenvalue weighted by molar-refractivity contribution is 0.301. The summed E-state index contributed by atoms with van der Waals surface area (Å²) in [5.41, 5.74) is 8.48. The Kier molecular flexibility index (Phi) is 5.99. The van der Waals surface area contributed by atoms with E-state index < -0.39 is 0 Å². The van der Waals surface area contributed by atoms with Crippen molar-refractivity contribution in [3.63, 3.8) is 0 Å². The smallest absolute Gasteiger partial charge is 0.0333 e. The van der Waals surface area contributed by atoms with E-state index in [1.54, 1.807) is 0 Å². The minimum absolute atomic E-state index is 0.316. The molecule has 0 aliphatic carbocycles. The maximum atomic E-state index is 8.48. The third kappa shape index (κ3) is 4.43. The summed E-state index contributed by atoms with van der Waals surface area (Å²) in [5, 5.41) is 0. The molecular weight excluding hydrogens is 112 g/mol. The van der Waals surface area contributed by atoms with Gasteiger partial charge in [-0.25, -0.2) is 0 Å². The second-order valence-electron chi connectivity index (χ2n) is 2.10. The first-order chi connectivity index (χ1) is 4.35. The molecule has 0 spiro atoms. The van der Waals surface area contributed by atoms with Crippen molar-refractivity contribution in [2.24, 2.45) is 0 Å². The third-order valence-electron chi connectivity index (χ3n) is 1.53. The van der Waals surface area contributed by atoms with Crippen LogP contribution < -0.4 is 5.73 Å². The summed E-state index contributed by atoms with van der Waals surface area (Å²) in [4.78, 5) is 2.30. The molecule has 0 aliphatic heterocycles. The van der Waals surface area contributed by atoms with Crippen LogP contribution in [0.4, 0.5) is 0 Å². The summed E-state index contributed by atoms with van der Waals surface area (Å²) in [6.07, 6.45) is 0.904. The number of hydrogen-bond donors (Lipinski definition) is 0. The molecule has 0 saturated heterocycles. The minimum atomic E-state index is 0.316. The monoisotopic (exact) mass is 128 g/mol. The molecule has 0 aromatic heterocycles. The minimum Gasteiger partial charge on any atom is -0.304 e. The zero-order valence-corrected chi connectivity index (χ0v) is 6.43. The Balaban J connectivity index is 3.09. The molecule has 0 amide bonds. The van der Waals surface area contributed by atoms with E-state index in [9.17, 15) is 0 Å². The average Bonchev–Trinajstić information content (AvgIpc) is 1.91. The second-order valence-corrected chi connectivity index (χ2v) is 2.10. The summed E-state index contributed by atoms with van der Waals surface area (Å²) in [7, 11) is 0.